The zero-order valence-electron chi connectivity index (χ0n) is 30.5. The van der Waals surface area contributed by atoms with Gasteiger partial charge in [-0.25, -0.2) is 0 Å². The molecule has 0 aromatic heterocycles. The van der Waals surface area contributed by atoms with Crippen LogP contribution in [0.5, 0.6) is 0 Å². The number of hydrogen-bond donors (Lipinski definition) is 0. The fourth-order valence-electron chi connectivity index (χ4n) is 10.0. The Balaban J connectivity index is 1.24. The molecule has 0 saturated heterocycles. The molecule has 2 aliphatic carbocycles. The molecule has 0 fully saturated rings. The van der Waals surface area contributed by atoms with Gasteiger partial charge in [-0.1, -0.05) is 184 Å². The lowest BCUT2D eigenvalue weighted by molar-refractivity contribution is 0.563. The highest BCUT2D eigenvalue weighted by molar-refractivity contribution is 6.11. The van der Waals surface area contributed by atoms with Gasteiger partial charge in [-0.15, -0.1) is 0 Å². The average molecular weight is 687 g/mol. The van der Waals surface area contributed by atoms with Gasteiger partial charge in [0.2, 0.25) is 0 Å². The van der Waals surface area contributed by atoms with Crippen molar-refractivity contribution < 1.29 is 0 Å². The van der Waals surface area contributed by atoms with Gasteiger partial charge < -0.3 is 0 Å². The molecule has 0 nitrogen and oxygen atoms in total. The maximum absolute atomic E-state index is 2.56. The third kappa shape index (κ3) is 4.26. The number of rotatable bonds is 3. The van der Waals surface area contributed by atoms with Crippen molar-refractivity contribution in [2.45, 2.75) is 24.7 Å². The summed E-state index contributed by atoms with van der Waals surface area (Å²) >= 11 is 0. The second kappa shape index (κ2) is 11.5. The molecule has 0 N–H and O–H groups in total. The molecule has 0 saturated carbocycles. The molecular formula is C54H38. The van der Waals surface area contributed by atoms with Crippen LogP contribution in [0, 0.1) is 0 Å². The average Bonchev–Trinajstić information content (AvgIpc) is 3.53. The van der Waals surface area contributed by atoms with Crippen LogP contribution in [-0.4, -0.2) is 0 Å². The van der Waals surface area contributed by atoms with Gasteiger partial charge >= 0.3 is 0 Å². The first-order chi connectivity index (χ1) is 26.5. The van der Waals surface area contributed by atoms with Gasteiger partial charge in [-0.05, 0) is 124 Å². The van der Waals surface area contributed by atoms with Crippen LogP contribution in [0.1, 0.15) is 47.2 Å². The standard InChI is InChI=1S/C54H38/c1-53(2)46-21-11-13-23-48(46)54(49-24-14-12-22-47(49)53)50-33-40(36-17-7-4-8-18-36)29-30-44(50)52-43-20-10-9-19-42(43)45(34-51(52)54)41-28-27-38-31-37(25-26-39(38)32-41)35-15-5-3-6-16-35/h3-34H,1-2H3. The number of hydrogen-bond acceptors (Lipinski definition) is 0. The summed E-state index contributed by atoms with van der Waals surface area (Å²) in [5.74, 6) is 0. The van der Waals surface area contributed by atoms with Crippen LogP contribution in [0.2, 0.25) is 0 Å². The van der Waals surface area contributed by atoms with E-state index in [1.54, 1.807) is 0 Å². The van der Waals surface area contributed by atoms with Gasteiger partial charge in [0.15, 0.2) is 0 Å². The van der Waals surface area contributed by atoms with Crippen LogP contribution in [-0.2, 0) is 10.8 Å². The maximum atomic E-state index is 2.56. The third-order valence-electron chi connectivity index (χ3n) is 12.5. The van der Waals surface area contributed by atoms with E-state index in [2.05, 4.69) is 208 Å². The fourth-order valence-corrected chi connectivity index (χ4v) is 10.0. The lowest BCUT2D eigenvalue weighted by Gasteiger charge is -2.46. The van der Waals surface area contributed by atoms with Crippen LogP contribution >= 0.6 is 0 Å². The lowest BCUT2D eigenvalue weighted by Crippen LogP contribution is -2.40. The van der Waals surface area contributed by atoms with Gasteiger partial charge in [0, 0.05) is 5.41 Å². The van der Waals surface area contributed by atoms with E-state index in [0.717, 1.165) is 0 Å². The van der Waals surface area contributed by atoms with Gasteiger partial charge in [-0.2, -0.15) is 0 Å². The van der Waals surface area contributed by atoms with Gasteiger partial charge in [-0.3, -0.25) is 0 Å². The molecule has 9 aromatic rings. The molecule has 0 atom stereocenters. The molecule has 0 amide bonds. The summed E-state index contributed by atoms with van der Waals surface area (Å²) in [6.07, 6.45) is 0. The van der Waals surface area contributed by atoms with Crippen LogP contribution in [0.25, 0.3) is 66.1 Å². The minimum absolute atomic E-state index is 0.158. The normalized spacial score (nSPS) is 14.4. The van der Waals surface area contributed by atoms with E-state index in [9.17, 15) is 0 Å². The van der Waals surface area contributed by atoms with E-state index in [4.69, 9.17) is 0 Å². The van der Waals surface area contributed by atoms with E-state index < -0.39 is 5.41 Å². The van der Waals surface area contributed by atoms with Crippen molar-refractivity contribution in [1.29, 1.82) is 0 Å². The summed E-state index contributed by atoms with van der Waals surface area (Å²) in [5.41, 5.74) is 17.8. The quantitative estimate of drug-likeness (QED) is 0.174. The molecule has 1 spiro atoms. The Morgan fingerprint density at radius 2 is 0.778 bits per heavy atom. The number of benzene rings is 9. The first-order valence-corrected chi connectivity index (χ1v) is 19.1. The molecular weight excluding hydrogens is 649 g/mol. The fraction of sp³-hybridized carbons (Fsp3) is 0.0741. The minimum Gasteiger partial charge on any atom is -0.0622 e. The second-order valence-corrected chi connectivity index (χ2v) is 15.6. The van der Waals surface area contributed by atoms with E-state index in [0.29, 0.717) is 0 Å². The maximum Gasteiger partial charge on any atom is 0.0720 e. The monoisotopic (exact) mass is 686 g/mol. The highest BCUT2D eigenvalue weighted by Crippen LogP contribution is 2.64. The molecule has 0 bridgehead atoms. The Kier molecular flexibility index (Phi) is 6.61. The van der Waals surface area contributed by atoms with Gasteiger partial charge in [0.05, 0.1) is 5.41 Å². The number of fused-ring (bicyclic) bond motifs is 12. The van der Waals surface area contributed by atoms with E-state index in [-0.39, 0.29) is 5.41 Å². The summed E-state index contributed by atoms with van der Waals surface area (Å²) in [5, 5.41) is 5.08. The second-order valence-electron chi connectivity index (χ2n) is 15.6. The lowest BCUT2D eigenvalue weighted by atomic mass is 9.55. The van der Waals surface area contributed by atoms with E-state index >= 15 is 0 Å². The first kappa shape index (κ1) is 31.1. The zero-order chi connectivity index (χ0) is 36.0. The van der Waals surface area contributed by atoms with Crippen molar-refractivity contribution in [2.24, 2.45) is 0 Å². The molecule has 0 heterocycles. The van der Waals surface area contributed by atoms with Crippen LogP contribution < -0.4 is 0 Å². The molecule has 0 heteroatoms. The summed E-state index contributed by atoms with van der Waals surface area (Å²) in [6, 6.07) is 72.9. The largest absolute Gasteiger partial charge is 0.0720 e. The Bertz CT molecular complexity index is 2900. The van der Waals surface area contributed by atoms with Crippen LogP contribution in [0.4, 0.5) is 0 Å². The van der Waals surface area contributed by atoms with Crippen molar-refractivity contribution in [3.63, 3.8) is 0 Å². The van der Waals surface area contributed by atoms with Crippen LogP contribution in [0.15, 0.2) is 194 Å². The summed E-state index contributed by atoms with van der Waals surface area (Å²) in [4.78, 5) is 0. The Hall–Kier alpha value is -6.50. The molecule has 2 aliphatic rings. The molecule has 0 unspecified atom stereocenters. The topological polar surface area (TPSA) is 0 Å². The summed E-state index contributed by atoms with van der Waals surface area (Å²) in [7, 11) is 0. The van der Waals surface area contributed by atoms with Gasteiger partial charge in [0.1, 0.15) is 0 Å². The molecule has 254 valence electrons. The summed E-state index contributed by atoms with van der Waals surface area (Å²) in [6.45, 7) is 4.80. The van der Waals surface area contributed by atoms with Crippen LogP contribution in [0.3, 0.4) is 0 Å². The predicted molar refractivity (Wildman–Crippen MR) is 227 cm³/mol. The van der Waals surface area contributed by atoms with Crippen molar-refractivity contribution in [3.05, 3.63) is 228 Å². The summed E-state index contributed by atoms with van der Waals surface area (Å²) < 4.78 is 0. The van der Waals surface area contributed by atoms with E-state index in [1.165, 1.54) is 99.4 Å². The highest BCUT2D eigenvalue weighted by atomic mass is 14.5. The predicted octanol–water partition coefficient (Wildman–Crippen LogP) is 14.0. The molecule has 0 radical (unpaired) electrons. The Morgan fingerprint density at radius 3 is 1.41 bits per heavy atom. The molecule has 9 aromatic carbocycles. The van der Waals surface area contributed by atoms with Crippen molar-refractivity contribution >= 4 is 21.5 Å². The molecule has 54 heavy (non-hydrogen) atoms. The highest BCUT2D eigenvalue weighted by Gasteiger charge is 2.54. The van der Waals surface area contributed by atoms with Crippen molar-refractivity contribution in [3.8, 4) is 44.5 Å². The van der Waals surface area contributed by atoms with Crippen molar-refractivity contribution in [2.75, 3.05) is 0 Å². The Morgan fingerprint density at radius 1 is 0.296 bits per heavy atom. The molecule has 11 rings (SSSR count). The SMILES string of the molecule is CC1(C)c2ccccc2C2(c3cc(-c4ccccc4)ccc3-c3c2cc(-c2ccc4cc(-c5ccccc5)ccc4c2)c2ccccc32)c2ccccc21. The molecule has 0 aliphatic heterocycles. The minimum atomic E-state index is -0.502. The third-order valence-corrected chi connectivity index (χ3v) is 12.5. The Labute approximate surface area is 317 Å². The van der Waals surface area contributed by atoms with Crippen molar-refractivity contribution in [1.82, 2.24) is 0 Å². The smallest absolute Gasteiger partial charge is 0.0622 e. The van der Waals surface area contributed by atoms with E-state index in [1.807, 2.05) is 0 Å². The zero-order valence-corrected chi connectivity index (χ0v) is 30.5. The first-order valence-electron chi connectivity index (χ1n) is 19.1. The van der Waals surface area contributed by atoms with Gasteiger partial charge in [0.25, 0.3) is 0 Å².